The maximum atomic E-state index is 12.2. The summed E-state index contributed by atoms with van der Waals surface area (Å²) >= 11 is 0. The van der Waals surface area contributed by atoms with E-state index in [0.29, 0.717) is 17.5 Å². The van der Waals surface area contributed by atoms with Crippen LogP contribution in [-0.2, 0) is 4.79 Å². The topological polar surface area (TPSA) is 85.7 Å². The average molecular weight is 498 g/mol. The van der Waals surface area contributed by atoms with Gasteiger partial charge in [-0.25, -0.2) is 0 Å². The maximum absolute atomic E-state index is 12.2. The third-order valence-electron chi connectivity index (χ3n) is 7.84. The molecule has 6 heteroatoms. The van der Waals surface area contributed by atoms with Crippen LogP contribution in [0.25, 0.3) is 10.9 Å². The first-order valence-corrected chi connectivity index (χ1v) is 14.1. The van der Waals surface area contributed by atoms with Gasteiger partial charge in [-0.15, -0.1) is 0 Å². The van der Waals surface area contributed by atoms with Crippen LogP contribution in [0, 0.1) is 11.8 Å². The van der Waals surface area contributed by atoms with Gasteiger partial charge in [0.1, 0.15) is 5.60 Å². The summed E-state index contributed by atoms with van der Waals surface area (Å²) in [7, 11) is 0. The fourth-order valence-corrected chi connectivity index (χ4v) is 5.49. The number of benzene rings is 1. The maximum Gasteiger partial charge on any atom is 0.255 e. The summed E-state index contributed by atoms with van der Waals surface area (Å²) in [5.74, 6) is 0.876. The van der Waals surface area contributed by atoms with Gasteiger partial charge in [0.15, 0.2) is 0 Å². The van der Waals surface area contributed by atoms with Crippen molar-refractivity contribution in [3.63, 3.8) is 0 Å². The van der Waals surface area contributed by atoms with E-state index in [2.05, 4.69) is 29.0 Å². The molecular weight excluding hydrogens is 450 g/mol. The fourth-order valence-electron chi connectivity index (χ4n) is 5.49. The van der Waals surface area contributed by atoms with Gasteiger partial charge in [0.05, 0.1) is 11.6 Å². The number of unbranched alkanes of at least 4 members (excludes halogenated alkanes) is 4. The molecule has 0 bridgehead atoms. The Morgan fingerprint density at radius 3 is 2.67 bits per heavy atom. The van der Waals surface area contributed by atoms with Crippen LogP contribution >= 0.6 is 0 Å². The number of amides is 1. The van der Waals surface area contributed by atoms with E-state index in [1.807, 2.05) is 18.2 Å². The van der Waals surface area contributed by atoms with Crippen LogP contribution in [-0.4, -0.2) is 51.2 Å². The number of aliphatic hydroxyl groups excluding tert-OH is 1. The fraction of sp³-hybridized carbons (Fsp3) is 0.667. The SMILES string of the molecule is CCCCCCCN1CC[C@@H](CCC(O)c2ccnc3ccc(NC(=O)C(C)(C)O)cc23)[C@@H](CC)C1. The highest BCUT2D eigenvalue weighted by atomic mass is 16.3. The van der Waals surface area contributed by atoms with Crippen LogP contribution in [0.15, 0.2) is 30.5 Å². The number of fused-ring (bicyclic) bond motifs is 1. The molecule has 1 saturated heterocycles. The van der Waals surface area contributed by atoms with Gasteiger partial charge in [-0.2, -0.15) is 0 Å². The van der Waals surface area contributed by atoms with E-state index < -0.39 is 17.6 Å². The lowest BCUT2D eigenvalue weighted by Crippen LogP contribution is -2.40. The van der Waals surface area contributed by atoms with Gasteiger partial charge in [-0.1, -0.05) is 46.0 Å². The molecule has 1 aromatic heterocycles. The van der Waals surface area contributed by atoms with E-state index in [1.165, 1.54) is 78.4 Å². The minimum absolute atomic E-state index is 0.467. The summed E-state index contributed by atoms with van der Waals surface area (Å²) in [6.07, 6.45) is 12.0. The summed E-state index contributed by atoms with van der Waals surface area (Å²) in [6.45, 7) is 11.1. The van der Waals surface area contributed by atoms with Crippen LogP contribution in [0.5, 0.6) is 0 Å². The smallest absolute Gasteiger partial charge is 0.255 e. The van der Waals surface area contributed by atoms with Gasteiger partial charge in [0.2, 0.25) is 0 Å². The van der Waals surface area contributed by atoms with Crippen molar-refractivity contribution < 1.29 is 15.0 Å². The van der Waals surface area contributed by atoms with E-state index in [0.717, 1.165) is 29.3 Å². The second-order valence-corrected chi connectivity index (χ2v) is 11.2. The number of aromatic nitrogens is 1. The van der Waals surface area contributed by atoms with Crippen LogP contribution in [0.4, 0.5) is 5.69 Å². The first kappa shape index (κ1) is 28.5. The predicted molar refractivity (Wildman–Crippen MR) is 148 cm³/mol. The molecule has 3 N–H and O–H groups in total. The number of rotatable bonds is 13. The van der Waals surface area contributed by atoms with E-state index in [-0.39, 0.29) is 0 Å². The molecule has 1 fully saturated rings. The Bertz CT molecular complexity index is 972. The molecule has 6 nitrogen and oxygen atoms in total. The molecule has 2 heterocycles. The molecule has 0 aliphatic carbocycles. The number of nitrogens with zero attached hydrogens (tertiary/aromatic N) is 2. The van der Waals surface area contributed by atoms with Gasteiger partial charge in [-0.3, -0.25) is 9.78 Å². The molecule has 36 heavy (non-hydrogen) atoms. The summed E-state index contributed by atoms with van der Waals surface area (Å²) in [6, 6.07) is 7.35. The second kappa shape index (κ2) is 13.5. The molecule has 0 saturated carbocycles. The Hall–Kier alpha value is -2.02. The lowest BCUT2D eigenvalue weighted by atomic mass is 9.80. The van der Waals surface area contributed by atoms with Crippen molar-refractivity contribution in [2.45, 2.75) is 97.2 Å². The number of likely N-dealkylation sites (tertiary alicyclic amines) is 1. The van der Waals surface area contributed by atoms with E-state index in [4.69, 9.17) is 0 Å². The van der Waals surface area contributed by atoms with Crippen LogP contribution < -0.4 is 5.32 Å². The number of hydrogen-bond acceptors (Lipinski definition) is 5. The van der Waals surface area contributed by atoms with Gasteiger partial charge >= 0.3 is 0 Å². The first-order chi connectivity index (χ1) is 17.2. The highest BCUT2D eigenvalue weighted by molar-refractivity contribution is 5.98. The zero-order valence-electron chi connectivity index (χ0n) is 22.8. The second-order valence-electron chi connectivity index (χ2n) is 11.2. The Kier molecular flexibility index (Phi) is 10.7. The number of anilines is 1. The van der Waals surface area contributed by atoms with Crippen LogP contribution in [0.1, 0.15) is 97.1 Å². The molecule has 1 aliphatic heterocycles. The average Bonchev–Trinajstić information content (AvgIpc) is 2.86. The number of carbonyl (C=O) groups excluding carboxylic acids is 1. The Balaban J connectivity index is 1.59. The normalized spacial score (nSPS) is 19.9. The predicted octanol–water partition coefficient (Wildman–Crippen LogP) is 6.08. The van der Waals surface area contributed by atoms with E-state index in [9.17, 15) is 15.0 Å². The number of pyridine rings is 1. The Labute approximate surface area is 217 Å². The summed E-state index contributed by atoms with van der Waals surface area (Å²) in [4.78, 5) is 19.3. The van der Waals surface area contributed by atoms with Gasteiger partial charge < -0.3 is 20.4 Å². The Morgan fingerprint density at radius 2 is 1.94 bits per heavy atom. The minimum Gasteiger partial charge on any atom is -0.388 e. The highest BCUT2D eigenvalue weighted by Gasteiger charge is 2.28. The molecule has 200 valence electrons. The van der Waals surface area contributed by atoms with Crippen molar-refractivity contribution >= 4 is 22.5 Å². The molecule has 2 aromatic rings. The van der Waals surface area contributed by atoms with Crippen molar-refractivity contribution in [2.24, 2.45) is 11.8 Å². The molecule has 1 amide bonds. The quantitative estimate of drug-likeness (QED) is 0.292. The lowest BCUT2D eigenvalue weighted by Gasteiger charge is -2.39. The molecule has 0 radical (unpaired) electrons. The molecule has 3 atom stereocenters. The Morgan fingerprint density at radius 1 is 1.17 bits per heavy atom. The van der Waals surface area contributed by atoms with Crippen LogP contribution in [0.3, 0.4) is 0 Å². The van der Waals surface area contributed by atoms with Crippen molar-refractivity contribution in [1.29, 1.82) is 0 Å². The lowest BCUT2D eigenvalue weighted by molar-refractivity contribution is -0.130. The van der Waals surface area contributed by atoms with Crippen molar-refractivity contribution in [3.8, 4) is 0 Å². The zero-order valence-corrected chi connectivity index (χ0v) is 22.8. The number of piperidine rings is 1. The summed E-state index contributed by atoms with van der Waals surface area (Å²) < 4.78 is 0. The van der Waals surface area contributed by atoms with Gasteiger partial charge in [-0.05, 0) is 94.3 Å². The number of carbonyl (C=O) groups is 1. The number of aliphatic hydroxyl groups is 2. The van der Waals surface area contributed by atoms with Crippen molar-refractivity contribution in [2.75, 3.05) is 25.0 Å². The minimum atomic E-state index is -1.47. The number of nitrogens with one attached hydrogen (secondary N) is 1. The molecule has 0 spiro atoms. The third kappa shape index (κ3) is 7.99. The van der Waals surface area contributed by atoms with E-state index >= 15 is 0 Å². The molecule has 3 rings (SSSR count). The standard InChI is InChI=1S/C30H47N3O3/c1-5-7-8-9-10-18-33-19-16-23(22(6-2)21-33)11-14-28(34)25-15-17-31-27-13-12-24(20-26(25)27)32-29(35)30(3,4)36/h12-13,15,17,20,22-23,28,34,36H,5-11,14,16,18-19,21H2,1-4H3,(H,32,35)/t22-,23+,28?/m0/s1. The van der Waals surface area contributed by atoms with Crippen LogP contribution in [0.2, 0.25) is 0 Å². The number of hydrogen-bond donors (Lipinski definition) is 3. The summed E-state index contributed by atoms with van der Waals surface area (Å²) in [5.41, 5.74) is 0.750. The van der Waals surface area contributed by atoms with Crippen molar-refractivity contribution in [1.82, 2.24) is 9.88 Å². The van der Waals surface area contributed by atoms with E-state index in [1.54, 1.807) is 12.3 Å². The molecule has 1 aliphatic rings. The van der Waals surface area contributed by atoms with Gasteiger partial charge in [0, 0.05) is 23.8 Å². The zero-order chi connectivity index (χ0) is 26.1. The molecule has 1 aromatic carbocycles. The monoisotopic (exact) mass is 497 g/mol. The van der Waals surface area contributed by atoms with Gasteiger partial charge in [0.25, 0.3) is 5.91 Å². The summed E-state index contributed by atoms with van der Waals surface area (Å²) in [5, 5.41) is 24.7. The first-order valence-electron chi connectivity index (χ1n) is 14.1. The third-order valence-corrected chi connectivity index (χ3v) is 7.84. The molecular formula is C30H47N3O3. The molecule has 1 unspecified atom stereocenters. The largest absolute Gasteiger partial charge is 0.388 e. The highest BCUT2D eigenvalue weighted by Crippen LogP contribution is 2.34. The van der Waals surface area contributed by atoms with Crippen molar-refractivity contribution in [3.05, 3.63) is 36.0 Å².